The highest BCUT2D eigenvalue weighted by Crippen LogP contribution is 2.36. The Morgan fingerprint density at radius 1 is 0.909 bits per heavy atom. The van der Waals surface area contributed by atoms with Gasteiger partial charge in [0.1, 0.15) is 11.5 Å². The normalized spacial score (nSPS) is 10.0. The van der Waals surface area contributed by atoms with E-state index in [0.717, 1.165) is 11.3 Å². The van der Waals surface area contributed by atoms with Crippen molar-refractivity contribution in [1.82, 2.24) is 0 Å². The van der Waals surface area contributed by atoms with Crippen LogP contribution in [0.3, 0.4) is 0 Å². The van der Waals surface area contributed by atoms with E-state index in [0.29, 0.717) is 22.8 Å². The van der Waals surface area contributed by atoms with Gasteiger partial charge in [0, 0.05) is 0 Å². The first-order chi connectivity index (χ1) is 10.6. The fourth-order valence-electron chi connectivity index (χ4n) is 2.02. The molecule has 0 atom stereocenters. The molecular formula is C17H18O5. The summed E-state index contributed by atoms with van der Waals surface area (Å²) in [7, 11) is 4.47. The molecule has 116 valence electrons. The summed E-state index contributed by atoms with van der Waals surface area (Å²) in [5, 5.41) is 0. The Morgan fingerprint density at radius 2 is 1.55 bits per heavy atom. The molecule has 0 spiro atoms. The first-order valence-electron chi connectivity index (χ1n) is 6.68. The Labute approximate surface area is 129 Å². The van der Waals surface area contributed by atoms with Crippen LogP contribution in [0.1, 0.15) is 15.9 Å². The lowest BCUT2D eigenvalue weighted by molar-refractivity contribution is 0.0600. The standard InChI is InChI=1S/C17H18O5/c1-11-9-12(17(18)21-4)10-15(20-3)16(11)22-14-7-5-13(19-2)6-8-14/h5-10H,1-4H3. The predicted octanol–water partition coefficient (Wildman–Crippen LogP) is 3.59. The number of esters is 1. The van der Waals surface area contributed by atoms with Crippen LogP contribution < -0.4 is 14.2 Å². The lowest BCUT2D eigenvalue weighted by Gasteiger charge is -2.14. The molecule has 0 saturated carbocycles. The van der Waals surface area contributed by atoms with Gasteiger partial charge in [-0.05, 0) is 48.9 Å². The smallest absolute Gasteiger partial charge is 0.337 e. The minimum atomic E-state index is -0.419. The molecule has 0 aromatic heterocycles. The molecule has 0 aliphatic heterocycles. The van der Waals surface area contributed by atoms with Gasteiger partial charge < -0.3 is 18.9 Å². The van der Waals surface area contributed by atoms with Gasteiger partial charge in [0.05, 0.1) is 26.9 Å². The van der Waals surface area contributed by atoms with E-state index in [1.807, 2.05) is 6.92 Å². The molecular weight excluding hydrogens is 284 g/mol. The van der Waals surface area contributed by atoms with E-state index in [9.17, 15) is 4.79 Å². The SMILES string of the molecule is COC(=O)c1cc(C)c(Oc2ccc(OC)cc2)c(OC)c1. The maximum Gasteiger partial charge on any atom is 0.337 e. The Hall–Kier alpha value is -2.69. The molecule has 0 saturated heterocycles. The molecule has 0 unspecified atom stereocenters. The van der Waals surface area contributed by atoms with Gasteiger partial charge in [0.15, 0.2) is 11.5 Å². The highest BCUT2D eigenvalue weighted by Gasteiger charge is 2.15. The van der Waals surface area contributed by atoms with Crippen molar-refractivity contribution in [2.75, 3.05) is 21.3 Å². The summed E-state index contributed by atoms with van der Waals surface area (Å²) < 4.78 is 21.0. The van der Waals surface area contributed by atoms with Crippen molar-refractivity contribution in [1.29, 1.82) is 0 Å². The molecule has 0 bridgehead atoms. The van der Waals surface area contributed by atoms with Gasteiger partial charge in [-0.2, -0.15) is 0 Å². The van der Waals surface area contributed by atoms with E-state index >= 15 is 0 Å². The maximum absolute atomic E-state index is 11.6. The van der Waals surface area contributed by atoms with Crippen molar-refractivity contribution in [2.24, 2.45) is 0 Å². The molecule has 0 heterocycles. The van der Waals surface area contributed by atoms with Crippen LogP contribution in [0.25, 0.3) is 0 Å². The fraction of sp³-hybridized carbons (Fsp3) is 0.235. The van der Waals surface area contributed by atoms with Crippen molar-refractivity contribution >= 4 is 5.97 Å². The minimum Gasteiger partial charge on any atom is -0.497 e. The zero-order chi connectivity index (χ0) is 16.1. The second-order valence-corrected chi connectivity index (χ2v) is 4.59. The van der Waals surface area contributed by atoms with Crippen molar-refractivity contribution in [3.8, 4) is 23.0 Å². The highest BCUT2D eigenvalue weighted by molar-refractivity contribution is 5.90. The lowest BCUT2D eigenvalue weighted by Crippen LogP contribution is -2.03. The van der Waals surface area contributed by atoms with Crippen LogP contribution >= 0.6 is 0 Å². The number of rotatable bonds is 5. The summed E-state index contributed by atoms with van der Waals surface area (Å²) in [5.41, 5.74) is 1.19. The van der Waals surface area contributed by atoms with Crippen LogP contribution in [0.5, 0.6) is 23.0 Å². The number of benzene rings is 2. The van der Waals surface area contributed by atoms with Crippen LogP contribution in [0, 0.1) is 6.92 Å². The first kappa shape index (κ1) is 15.7. The molecule has 0 fully saturated rings. The van der Waals surface area contributed by atoms with E-state index in [2.05, 4.69) is 0 Å². The second kappa shape index (κ2) is 6.85. The third-order valence-corrected chi connectivity index (χ3v) is 3.16. The van der Waals surface area contributed by atoms with E-state index in [1.165, 1.54) is 14.2 Å². The van der Waals surface area contributed by atoms with Crippen molar-refractivity contribution < 1.29 is 23.7 Å². The zero-order valence-corrected chi connectivity index (χ0v) is 13.0. The molecule has 2 rings (SSSR count). The lowest BCUT2D eigenvalue weighted by atomic mass is 10.1. The van der Waals surface area contributed by atoms with Crippen molar-refractivity contribution in [2.45, 2.75) is 6.92 Å². The van der Waals surface area contributed by atoms with Gasteiger partial charge in [0.25, 0.3) is 0 Å². The molecule has 5 heteroatoms. The average molecular weight is 302 g/mol. The summed E-state index contributed by atoms with van der Waals surface area (Å²) in [6.45, 7) is 1.84. The highest BCUT2D eigenvalue weighted by atomic mass is 16.5. The Balaban J connectivity index is 2.35. The molecule has 2 aromatic rings. The van der Waals surface area contributed by atoms with Crippen molar-refractivity contribution in [3.05, 3.63) is 47.5 Å². The molecule has 0 radical (unpaired) electrons. The molecule has 0 aliphatic rings. The summed E-state index contributed by atoms with van der Waals surface area (Å²) >= 11 is 0. The van der Waals surface area contributed by atoms with Crippen LogP contribution in [0.2, 0.25) is 0 Å². The molecule has 0 N–H and O–H groups in total. The molecule has 5 nitrogen and oxygen atoms in total. The second-order valence-electron chi connectivity index (χ2n) is 4.59. The fourth-order valence-corrected chi connectivity index (χ4v) is 2.02. The Morgan fingerprint density at radius 3 is 2.09 bits per heavy atom. The molecule has 22 heavy (non-hydrogen) atoms. The monoisotopic (exact) mass is 302 g/mol. The predicted molar refractivity (Wildman–Crippen MR) is 82.1 cm³/mol. The van der Waals surface area contributed by atoms with Gasteiger partial charge in [0.2, 0.25) is 0 Å². The number of aryl methyl sites for hydroxylation is 1. The van der Waals surface area contributed by atoms with Gasteiger partial charge in [-0.15, -0.1) is 0 Å². The van der Waals surface area contributed by atoms with Gasteiger partial charge in [-0.25, -0.2) is 4.79 Å². The molecule has 0 aliphatic carbocycles. The number of methoxy groups -OCH3 is 3. The van der Waals surface area contributed by atoms with Crippen molar-refractivity contribution in [3.63, 3.8) is 0 Å². The quantitative estimate of drug-likeness (QED) is 0.790. The van der Waals surface area contributed by atoms with Gasteiger partial charge in [-0.1, -0.05) is 0 Å². The Kier molecular flexibility index (Phi) is 4.88. The summed E-state index contributed by atoms with van der Waals surface area (Å²) in [6, 6.07) is 10.5. The van der Waals surface area contributed by atoms with E-state index in [4.69, 9.17) is 18.9 Å². The summed E-state index contributed by atoms with van der Waals surface area (Å²) in [6.07, 6.45) is 0. The minimum absolute atomic E-state index is 0.416. The topological polar surface area (TPSA) is 54.0 Å². The molecule has 2 aromatic carbocycles. The Bertz CT molecular complexity index is 661. The van der Waals surface area contributed by atoms with Gasteiger partial charge in [-0.3, -0.25) is 0 Å². The van der Waals surface area contributed by atoms with E-state index in [1.54, 1.807) is 43.5 Å². The average Bonchev–Trinajstić information content (AvgIpc) is 2.56. The van der Waals surface area contributed by atoms with E-state index < -0.39 is 5.97 Å². The summed E-state index contributed by atoms with van der Waals surface area (Å²) in [5.74, 6) is 2.00. The first-order valence-corrected chi connectivity index (χ1v) is 6.68. The van der Waals surface area contributed by atoms with Crippen LogP contribution in [0.4, 0.5) is 0 Å². The molecule has 0 amide bonds. The third-order valence-electron chi connectivity index (χ3n) is 3.16. The maximum atomic E-state index is 11.6. The van der Waals surface area contributed by atoms with Crippen LogP contribution in [-0.2, 0) is 4.74 Å². The van der Waals surface area contributed by atoms with Gasteiger partial charge >= 0.3 is 5.97 Å². The largest absolute Gasteiger partial charge is 0.497 e. The van der Waals surface area contributed by atoms with Crippen LogP contribution in [0.15, 0.2) is 36.4 Å². The third kappa shape index (κ3) is 3.31. The number of ether oxygens (including phenoxy) is 4. The number of carbonyl (C=O) groups excluding carboxylic acids is 1. The number of carbonyl (C=O) groups is 1. The van der Waals surface area contributed by atoms with Crippen LogP contribution in [-0.4, -0.2) is 27.3 Å². The van der Waals surface area contributed by atoms with E-state index in [-0.39, 0.29) is 0 Å². The zero-order valence-electron chi connectivity index (χ0n) is 13.0. The number of hydrogen-bond donors (Lipinski definition) is 0. The summed E-state index contributed by atoms with van der Waals surface area (Å²) in [4.78, 5) is 11.6. The number of hydrogen-bond acceptors (Lipinski definition) is 5.